The molecule has 32 heavy (non-hydrogen) atoms. The van der Waals surface area contributed by atoms with Crippen molar-refractivity contribution in [2.24, 2.45) is 4.99 Å². The average molecular weight is 578 g/mol. The predicted octanol–water partition coefficient (Wildman–Crippen LogP) is 2.94. The van der Waals surface area contributed by atoms with Crippen molar-refractivity contribution < 1.29 is 9.47 Å². The molecular weight excluding hydrogens is 537 g/mol. The minimum Gasteiger partial charge on any atom is -0.379 e. The number of thiophene rings is 1. The maximum atomic E-state index is 5.63. The van der Waals surface area contributed by atoms with Gasteiger partial charge in [-0.15, -0.1) is 35.3 Å². The largest absolute Gasteiger partial charge is 0.379 e. The second-order valence-corrected chi connectivity index (χ2v) is 9.85. The van der Waals surface area contributed by atoms with Crippen LogP contribution >= 0.6 is 35.3 Å². The van der Waals surface area contributed by atoms with E-state index in [-0.39, 0.29) is 29.5 Å². The van der Waals surface area contributed by atoms with Gasteiger partial charge in [0.05, 0.1) is 32.5 Å². The molecule has 0 bridgehead atoms. The zero-order valence-corrected chi connectivity index (χ0v) is 22.5. The standard InChI is InChI=1S/C23H39N5O2S.HI/c1-24-22(25-18-20(21-6-5-17-31-21)27-9-13-29-14-10-27)26-19-23(7-3-2-4-8-23)28-11-15-30-16-12-28;/h5-6,17,20H,2-4,7-16,18-19H2,1H3,(H2,24,25,26);1H. The Balaban J connectivity index is 0.00000289. The predicted molar refractivity (Wildman–Crippen MR) is 142 cm³/mol. The molecule has 3 heterocycles. The monoisotopic (exact) mass is 577 g/mol. The van der Waals surface area contributed by atoms with Crippen LogP contribution in [0.2, 0.25) is 0 Å². The fraction of sp³-hybridized carbons (Fsp3) is 0.783. The van der Waals surface area contributed by atoms with Gasteiger partial charge in [-0.25, -0.2) is 0 Å². The number of aliphatic imine (C=N–C) groups is 1. The number of halogens is 1. The lowest BCUT2D eigenvalue weighted by Gasteiger charge is -2.48. The lowest BCUT2D eigenvalue weighted by Crippen LogP contribution is -2.60. The molecule has 3 aliphatic rings. The van der Waals surface area contributed by atoms with Crippen LogP contribution < -0.4 is 10.6 Å². The van der Waals surface area contributed by atoms with Crippen LogP contribution in [0.5, 0.6) is 0 Å². The van der Waals surface area contributed by atoms with E-state index in [9.17, 15) is 0 Å². The first-order valence-electron chi connectivity index (χ1n) is 11.9. The molecule has 3 fully saturated rings. The molecule has 0 amide bonds. The Kier molecular flexibility index (Phi) is 11.0. The van der Waals surface area contributed by atoms with Gasteiger partial charge < -0.3 is 20.1 Å². The van der Waals surface area contributed by atoms with Gasteiger partial charge in [-0.05, 0) is 24.3 Å². The number of nitrogens with zero attached hydrogens (tertiary/aromatic N) is 3. The molecule has 2 aliphatic heterocycles. The first-order valence-corrected chi connectivity index (χ1v) is 12.8. The van der Waals surface area contributed by atoms with Crippen molar-refractivity contribution in [1.29, 1.82) is 0 Å². The molecule has 2 N–H and O–H groups in total. The molecule has 4 rings (SSSR count). The molecule has 1 aromatic rings. The second kappa shape index (κ2) is 13.4. The van der Waals surface area contributed by atoms with Gasteiger partial charge >= 0.3 is 0 Å². The quantitative estimate of drug-likeness (QED) is 0.296. The zero-order chi connectivity index (χ0) is 21.4. The number of guanidine groups is 1. The Bertz CT molecular complexity index is 672. The van der Waals surface area contributed by atoms with Crippen LogP contribution in [-0.2, 0) is 9.47 Å². The van der Waals surface area contributed by atoms with Gasteiger partial charge in [-0.1, -0.05) is 25.3 Å². The minimum atomic E-state index is 0. The topological polar surface area (TPSA) is 61.4 Å². The highest BCUT2D eigenvalue weighted by molar-refractivity contribution is 14.0. The van der Waals surface area contributed by atoms with Crippen molar-refractivity contribution in [2.75, 3.05) is 72.7 Å². The second-order valence-electron chi connectivity index (χ2n) is 8.87. The van der Waals surface area contributed by atoms with E-state index in [1.807, 2.05) is 18.4 Å². The molecule has 1 aromatic heterocycles. The lowest BCUT2D eigenvalue weighted by atomic mass is 9.80. The highest BCUT2D eigenvalue weighted by Crippen LogP contribution is 2.34. The number of hydrogen-bond acceptors (Lipinski definition) is 6. The van der Waals surface area contributed by atoms with Gasteiger partial charge in [0.15, 0.2) is 5.96 Å². The molecule has 182 valence electrons. The summed E-state index contributed by atoms with van der Waals surface area (Å²) in [6.07, 6.45) is 6.54. The van der Waals surface area contributed by atoms with Crippen LogP contribution in [0.25, 0.3) is 0 Å². The van der Waals surface area contributed by atoms with Gasteiger partial charge in [-0.2, -0.15) is 0 Å². The van der Waals surface area contributed by atoms with E-state index >= 15 is 0 Å². The molecular formula is C23H40IN5O2S. The fourth-order valence-corrected chi connectivity index (χ4v) is 6.16. The number of ether oxygens (including phenoxy) is 2. The number of morpholine rings is 2. The van der Waals surface area contributed by atoms with Crippen LogP contribution in [0.1, 0.15) is 43.0 Å². The SMILES string of the molecule is CN=C(NCC(c1cccs1)N1CCOCC1)NCC1(N2CCOCC2)CCCCC1.I. The Labute approximate surface area is 214 Å². The van der Waals surface area contributed by atoms with Gasteiger partial charge in [0.25, 0.3) is 0 Å². The first kappa shape index (κ1) is 26.2. The molecule has 1 atom stereocenters. The summed E-state index contributed by atoms with van der Waals surface area (Å²) in [5, 5.41) is 9.50. The van der Waals surface area contributed by atoms with Gasteiger partial charge in [0, 0.05) is 56.7 Å². The molecule has 7 nitrogen and oxygen atoms in total. The normalized spacial score (nSPS) is 23.8. The Hall–Kier alpha value is -0.460. The fourth-order valence-electron chi connectivity index (χ4n) is 5.29. The zero-order valence-electron chi connectivity index (χ0n) is 19.4. The molecule has 0 spiro atoms. The Morgan fingerprint density at radius 1 is 1.06 bits per heavy atom. The summed E-state index contributed by atoms with van der Waals surface area (Å²) in [6.45, 7) is 9.21. The van der Waals surface area contributed by atoms with Gasteiger partial charge in [0.1, 0.15) is 0 Å². The Morgan fingerprint density at radius 2 is 1.75 bits per heavy atom. The van der Waals surface area contributed by atoms with Crippen LogP contribution in [0, 0.1) is 0 Å². The third-order valence-corrected chi connectivity index (χ3v) is 8.07. The van der Waals surface area contributed by atoms with Crippen LogP contribution in [0.4, 0.5) is 0 Å². The van der Waals surface area contributed by atoms with Crippen molar-refractivity contribution in [3.8, 4) is 0 Å². The Morgan fingerprint density at radius 3 is 2.38 bits per heavy atom. The van der Waals surface area contributed by atoms with E-state index in [1.165, 1.54) is 37.0 Å². The number of hydrogen-bond donors (Lipinski definition) is 2. The maximum absolute atomic E-state index is 5.63. The van der Waals surface area contributed by atoms with E-state index < -0.39 is 0 Å². The summed E-state index contributed by atoms with van der Waals surface area (Å²) >= 11 is 1.84. The van der Waals surface area contributed by atoms with E-state index in [4.69, 9.17) is 9.47 Å². The van der Waals surface area contributed by atoms with E-state index in [0.717, 1.165) is 71.7 Å². The van der Waals surface area contributed by atoms with Crippen LogP contribution in [0.3, 0.4) is 0 Å². The van der Waals surface area contributed by atoms with Crippen LogP contribution in [0.15, 0.2) is 22.5 Å². The van der Waals surface area contributed by atoms with Crippen molar-refractivity contribution in [2.45, 2.75) is 43.7 Å². The summed E-state index contributed by atoms with van der Waals surface area (Å²) in [5.74, 6) is 0.910. The molecule has 2 saturated heterocycles. The highest BCUT2D eigenvalue weighted by atomic mass is 127. The van der Waals surface area contributed by atoms with Crippen molar-refractivity contribution in [3.05, 3.63) is 22.4 Å². The molecule has 0 radical (unpaired) electrons. The minimum absolute atomic E-state index is 0. The van der Waals surface area contributed by atoms with E-state index in [1.54, 1.807) is 0 Å². The van der Waals surface area contributed by atoms with Crippen LogP contribution in [-0.4, -0.2) is 94.0 Å². The summed E-state index contributed by atoms with van der Waals surface area (Å²) in [6, 6.07) is 4.75. The molecule has 1 unspecified atom stereocenters. The third kappa shape index (κ3) is 6.79. The van der Waals surface area contributed by atoms with Crippen molar-refractivity contribution in [3.63, 3.8) is 0 Å². The van der Waals surface area contributed by atoms with Crippen molar-refractivity contribution in [1.82, 2.24) is 20.4 Å². The van der Waals surface area contributed by atoms with Gasteiger partial charge in [0.2, 0.25) is 0 Å². The number of rotatable bonds is 7. The third-order valence-electron chi connectivity index (χ3n) is 7.10. The maximum Gasteiger partial charge on any atom is 0.191 e. The summed E-state index contributed by atoms with van der Waals surface area (Å²) in [7, 11) is 1.88. The molecule has 1 aliphatic carbocycles. The number of nitrogens with one attached hydrogen (secondary N) is 2. The first-order chi connectivity index (χ1) is 15.3. The van der Waals surface area contributed by atoms with E-state index in [0.29, 0.717) is 6.04 Å². The molecule has 1 saturated carbocycles. The molecule has 0 aromatic carbocycles. The summed E-state index contributed by atoms with van der Waals surface area (Å²) in [5.41, 5.74) is 0.233. The van der Waals surface area contributed by atoms with Crippen molar-refractivity contribution >= 4 is 41.3 Å². The average Bonchev–Trinajstić information content (AvgIpc) is 3.38. The summed E-state index contributed by atoms with van der Waals surface area (Å²) in [4.78, 5) is 11.2. The smallest absolute Gasteiger partial charge is 0.191 e. The summed E-state index contributed by atoms with van der Waals surface area (Å²) < 4.78 is 11.2. The van der Waals surface area contributed by atoms with E-state index in [2.05, 4.69) is 42.9 Å². The highest BCUT2D eigenvalue weighted by Gasteiger charge is 2.38. The molecule has 9 heteroatoms. The lowest BCUT2D eigenvalue weighted by molar-refractivity contribution is -0.0352. The van der Waals surface area contributed by atoms with Gasteiger partial charge in [-0.3, -0.25) is 14.8 Å².